The number of halogens is 5. The molecule has 0 radical (unpaired) electrons. The molecule has 0 aliphatic heterocycles. The lowest BCUT2D eigenvalue weighted by Gasteiger charge is -2.13. The molecule has 0 unspecified atom stereocenters. The molecule has 0 saturated carbocycles. The third-order valence-electron chi connectivity index (χ3n) is 2.56. The molecule has 0 atom stereocenters. The molecule has 1 aromatic heterocycles. The number of nitrogens with one attached hydrogen (secondary N) is 1. The van der Waals surface area contributed by atoms with Crippen molar-refractivity contribution >= 4 is 39.0 Å². The van der Waals surface area contributed by atoms with Crippen LogP contribution in [-0.4, -0.2) is 4.98 Å². The van der Waals surface area contributed by atoms with Gasteiger partial charge in [0.25, 0.3) is 0 Å². The molecule has 1 heterocycles. The molecule has 1 aromatic carbocycles. The van der Waals surface area contributed by atoms with Crippen LogP contribution in [0, 0.1) is 11.3 Å². The number of nitrogens with zero attached hydrogens (tertiary/aromatic N) is 2. The van der Waals surface area contributed by atoms with Crippen molar-refractivity contribution in [2.24, 2.45) is 0 Å². The first-order valence-corrected chi connectivity index (χ1v) is 6.68. The molecule has 0 spiro atoms. The van der Waals surface area contributed by atoms with E-state index in [9.17, 15) is 13.2 Å². The number of nitriles is 1. The summed E-state index contributed by atoms with van der Waals surface area (Å²) in [4.78, 5) is 3.92. The maximum atomic E-state index is 12.7. The highest BCUT2D eigenvalue weighted by molar-refractivity contribution is 9.10. The van der Waals surface area contributed by atoms with Crippen molar-refractivity contribution < 1.29 is 13.2 Å². The van der Waals surface area contributed by atoms with Gasteiger partial charge in [0.05, 0.1) is 16.8 Å². The predicted octanol–water partition coefficient (Wildman–Crippen LogP) is 5.13. The molecule has 0 amide bonds. The fourth-order valence-corrected chi connectivity index (χ4v) is 2.09. The van der Waals surface area contributed by atoms with E-state index in [2.05, 4.69) is 26.2 Å². The minimum Gasteiger partial charge on any atom is -0.338 e. The fraction of sp³-hybridized carbons (Fsp3) is 0.0769. The van der Waals surface area contributed by atoms with Crippen LogP contribution >= 0.6 is 27.5 Å². The van der Waals surface area contributed by atoms with Crippen LogP contribution in [0.25, 0.3) is 0 Å². The number of hydrogen-bond donors (Lipinski definition) is 1. The van der Waals surface area contributed by atoms with Crippen LogP contribution in [0.2, 0.25) is 5.02 Å². The van der Waals surface area contributed by atoms with Crippen LogP contribution in [0.1, 0.15) is 11.1 Å². The van der Waals surface area contributed by atoms with Crippen molar-refractivity contribution in [2.75, 3.05) is 5.32 Å². The van der Waals surface area contributed by atoms with E-state index in [4.69, 9.17) is 16.9 Å². The van der Waals surface area contributed by atoms with E-state index >= 15 is 0 Å². The van der Waals surface area contributed by atoms with Crippen LogP contribution in [0.4, 0.5) is 24.7 Å². The number of anilines is 2. The van der Waals surface area contributed by atoms with E-state index in [1.165, 1.54) is 18.3 Å². The quantitative estimate of drug-likeness (QED) is 0.790. The second-order valence-electron chi connectivity index (χ2n) is 3.95. The third-order valence-corrected chi connectivity index (χ3v) is 3.63. The Morgan fingerprint density at radius 1 is 1.29 bits per heavy atom. The monoisotopic (exact) mass is 375 g/mol. The van der Waals surface area contributed by atoms with Gasteiger partial charge < -0.3 is 5.32 Å². The third kappa shape index (κ3) is 3.46. The molecule has 1 N–H and O–H groups in total. The summed E-state index contributed by atoms with van der Waals surface area (Å²) in [6.45, 7) is 0. The van der Waals surface area contributed by atoms with Gasteiger partial charge >= 0.3 is 6.18 Å². The topological polar surface area (TPSA) is 48.7 Å². The maximum absolute atomic E-state index is 12.7. The first-order chi connectivity index (χ1) is 9.82. The predicted molar refractivity (Wildman–Crippen MR) is 76.4 cm³/mol. The SMILES string of the molecule is N#Cc1ccnc(Nc2cc(C(F)(F)F)ccc2Br)c1Cl. The number of benzene rings is 1. The molecule has 0 aliphatic carbocycles. The highest BCUT2D eigenvalue weighted by Gasteiger charge is 2.31. The number of hydrogen-bond acceptors (Lipinski definition) is 3. The van der Waals surface area contributed by atoms with Crippen molar-refractivity contribution in [2.45, 2.75) is 6.18 Å². The first kappa shape index (κ1) is 15.6. The Bertz CT molecular complexity index is 726. The number of aromatic nitrogens is 1. The highest BCUT2D eigenvalue weighted by atomic mass is 79.9. The van der Waals surface area contributed by atoms with Crippen LogP contribution in [0.3, 0.4) is 0 Å². The summed E-state index contributed by atoms with van der Waals surface area (Å²) in [5.74, 6) is 0.107. The van der Waals surface area contributed by atoms with Gasteiger partial charge in [-0.05, 0) is 40.2 Å². The zero-order valence-electron chi connectivity index (χ0n) is 10.2. The Labute approximate surface area is 131 Å². The van der Waals surface area contributed by atoms with Gasteiger partial charge in [-0.1, -0.05) is 11.6 Å². The molecule has 108 valence electrons. The second-order valence-corrected chi connectivity index (χ2v) is 5.18. The molecule has 2 rings (SSSR count). The summed E-state index contributed by atoms with van der Waals surface area (Å²) in [6, 6.07) is 6.44. The summed E-state index contributed by atoms with van der Waals surface area (Å²) < 4.78 is 38.5. The normalized spacial score (nSPS) is 11.0. The average Bonchev–Trinajstić information content (AvgIpc) is 2.42. The summed E-state index contributed by atoms with van der Waals surface area (Å²) in [6.07, 6.45) is -3.11. The van der Waals surface area contributed by atoms with Gasteiger partial charge in [0.1, 0.15) is 11.1 Å². The minimum atomic E-state index is -4.46. The van der Waals surface area contributed by atoms with Gasteiger partial charge in [0, 0.05) is 10.7 Å². The lowest BCUT2D eigenvalue weighted by molar-refractivity contribution is -0.137. The average molecular weight is 377 g/mol. The molecule has 0 saturated heterocycles. The zero-order valence-corrected chi connectivity index (χ0v) is 12.5. The van der Waals surface area contributed by atoms with Crippen molar-refractivity contribution in [1.82, 2.24) is 4.98 Å². The Kier molecular flexibility index (Phi) is 4.40. The molecule has 0 fully saturated rings. The Hall–Kier alpha value is -1.78. The summed E-state index contributed by atoms with van der Waals surface area (Å²) in [5, 5.41) is 11.6. The minimum absolute atomic E-state index is 0.0457. The smallest absolute Gasteiger partial charge is 0.338 e. The highest BCUT2D eigenvalue weighted by Crippen LogP contribution is 2.36. The molecule has 21 heavy (non-hydrogen) atoms. The largest absolute Gasteiger partial charge is 0.416 e. The zero-order chi connectivity index (χ0) is 15.6. The molecule has 2 aromatic rings. The van der Waals surface area contributed by atoms with Gasteiger partial charge in [-0.25, -0.2) is 4.98 Å². The van der Waals surface area contributed by atoms with Crippen molar-refractivity contribution in [3.05, 3.63) is 51.1 Å². The summed E-state index contributed by atoms with van der Waals surface area (Å²) in [5.41, 5.74) is -0.479. The van der Waals surface area contributed by atoms with Crippen molar-refractivity contribution in [3.8, 4) is 6.07 Å². The van der Waals surface area contributed by atoms with Gasteiger partial charge in [-0.2, -0.15) is 18.4 Å². The summed E-state index contributed by atoms with van der Waals surface area (Å²) >= 11 is 9.10. The number of pyridine rings is 1. The first-order valence-electron chi connectivity index (χ1n) is 5.51. The van der Waals surface area contributed by atoms with Crippen molar-refractivity contribution in [3.63, 3.8) is 0 Å². The molecular weight excluding hydrogens is 371 g/mol. The fourth-order valence-electron chi connectivity index (χ4n) is 1.54. The lowest BCUT2D eigenvalue weighted by Crippen LogP contribution is -2.06. The van der Waals surface area contributed by atoms with E-state index in [1.54, 1.807) is 0 Å². The van der Waals surface area contributed by atoms with Gasteiger partial charge in [0.2, 0.25) is 0 Å². The van der Waals surface area contributed by atoms with E-state index in [-0.39, 0.29) is 22.1 Å². The standard InChI is InChI=1S/C13H6BrClF3N3/c14-9-2-1-8(13(16,17)18)5-10(9)21-12-11(15)7(6-19)3-4-20-12/h1-5H,(H,20,21). The molecule has 0 bridgehead atoms. The molecule has 3 nitrogen and oxygen atoms in total. The molecule has 0 aliphatic rings. The van der Waals surface area contributed by atoms with Crippen LogP contribution < -0.4 is 5.32 Å². The van der Waals surface area contributed by atoms with Crippen LogP contribution in [0.5, 0.6) is 0 Å². The Morgan fingerprint density at radius 3 is 2.62 bits per heavy atom. The Morgan fingerprint density at radius 2 is 2.00 bits per heavy atom. The van der Waals surface area contributed by atoms with Gasteiger partial charge in [-0.3, -0.25) is 0 Å². The van der Waals surface area contributed by atoms with Gasteiger partial charge in [-0.15, -0.1) is 0 Å². The lowest BCUT2D eigenvalue weighted by atomic mass is 10.2. The van der Waals surface area contributed by atoms with E-state index in [0.29, 0.717) is 4.47 Å². The molecular formula is C13H6BrClF3N3. The van der Waals surface area contributed by atoms with E-state index in [0.717, 1.165) is 12.1 Å². The number of alkyl halides is 3. The van der Waals surface area contributed by atoms with Crippen LogP contribution in [-0.2, 0) is 6.18 Å². The van der Waals surface area contributed by atoms with E-state index < -0.39 is 11.7 Å². The molecule has 8 heteroatoms. The van der Waals surface area contributed by atoms with E-state index in [1.807, 2.05) is 6.07 Å². The maximum Gasteiger partial charge on any atom is 0.416 e. The van der Waals surface area contributed by atoms with Crippen molar-refractivity contribution in [1.29, 1.82) is 5.26 Å². The van der Waals surface area contributed by atoms with Gasteiger partial charge in [0.15, 0.2) is 5.82 Å². The Balaban J connectivity index is 2.43. The summed E-state index contributed by atoms with van der Waals surface area (Å²) in [7, 11) is 0. The van der Waals surface area contributed by atoms with Crippen LogP contribution in [0.15, 0.2) is 34.9 Å². The second kappa shape index (κ2) is 5.92. The number of rotatable bonds is 2.